The molecule has 7 heteroatoms. The normalized spacial score (nSPS) is 29.6. The summed E-state index contributed by atoms with van der Waals surface area (Å²) in [5.74, 6) is 0.922. The van der Waals surface area contributed by atoms with Crippen LogP contribution in [0.3, 0.4) is 0 Å². The zero-order valence-electron chi connectivity index (χ0n) is 12.0. The molecule has 0 spiro atoms. The van der Waals surface area contributed by atoms with Gasteiger partial charge in [-0.05, 0) is 19.1 Å². The van der Waals surface area contributed by atoms with Crippen molar-refractivity contribution >= 4 is 32.7 Å². The van der Waals surface area contributed by atoms with Gasteiger partial charge in [-0.2, -0.15) is 0 Å². The summed E-state index contributed by atoms with van der Waals surface area (Å²) in [5, 5.41) is 3.74. The van der Waals surface area contributed by atoms with Crippen molar-refractivity contribution in [2.24, 2.45) is 0 Å². The standard InChI is InChI=1S/C15H15N3O3S/c1-7-13-9(6-21-7)16-14(19)18(13)15-17-12-8-4-5-20-10(8)2-3-11(12)22-15/h2-3,7,9,13H,4-6H2,1H3,(H,16,19)/t7-,9+,13-/m1/s1. The van der Waals surface area contributed by atoms with Gasteiger partial charge in [-0.3, -0.25) is 4.90 Å². The van der Waals surface area contributed by atoms with Crippen molar-refractivity contribution in [3.05, 3.63) is 17.7 Å². The first-order chi connectivity index (χ1) is 10.7. The lowest BCUT2D eigenvalue weighted by Crippen LogP contribution is -2.40. The number of hydrogen-bond donors (Lipinski definition) is 1. The van der Waals surface area contributed by atoms with Gasteiger partial charge in [-0.1, -0.05) is 11.3 Å². The van der Waals surface area contributed by atoms with Crippen molar-refractivity contribution in [1.29, 1.82) is 0 Å². The van der Waals surface area contributed by atoms with E-state index < -0.39 is 0 Å². The highest BCUT2D eigenvalue weighted by molar-refractivity contribution is 7.22. The van der Waals surface area contributed by atoms with Gasteiger partial charge in [0, 0.05) is 12.0 Å². The quantitative estimate of drug-likeness (QED) is 0.873. The largest absolute Gasteiger partial charge is 0.493 e. The minimum Gasteiger partial charge on any atom is -0.493 e. The first-order valence-corrected chi connectivity index (χ1v) is 8.30. The second kappa shape index (κ2) is 4.33. The average Bonchev–Trinajstić information content (AvgIpc) is 3.22. The zero-order chi connectivity index (χ0) is 14.8. The molecule has 1 N–H and O–H groups in total. The van der Waals surface area contributed by atoms with Crippen molar-refractivity contribution in [3.63, 3.8) is 0 Å². The Morgan fingerprint density at radius 3 is 3.27 bits per heavy atom. The summed E-state index contributed by atoms with van der Waals surface area (Å²) in [6.45, 7) is 3.29. The summed E-state index contributed by atoms with van der Waals surface area (Å²) in [5.41, 5.74) is 2.13. The number of nitrogens with zero attached hydrogens (tertiary/aromatic N) is 2. The zero-order valence-corrected chi connectivity index (χ0v) is 12.9. The van der Waals surface area contributed by atoms with E-state index in [9.17, 15) is 4.79 Å². The molecule has 1 aromatic heterocycles. The van der Waals surface area contributed by atoms with E-state index in [-0.39, 0.29) is 24.2 Å². The van der Waals surface area contributed by atoms with Gasteiger partial charge in [0.25, 0.3) is 0 Å². The molecule has 4 heterocycles. The number of hydrogen-bond acceptors (Lipinski definition) is 5. The van der Waals surface area contributed by atoms with Gasteiger partial charge < -0.3 is 14.8 Å². The maximum atomic E-state index is 12.3. The highest BCUT2D eigenvalue weighted by atomic mass is 32.1. The molecular formula is C15H15N3O3S. The predicted octanol–water partition coefficient (Wildman–Crippen LogP) is 1.92. The molecule has 2 amide bonds. The van der Waals surface area contributed by atoms with E-state index in [1.807, 2.05) is 19.1 Å². The molecule has 0 bridgehead atoms. The van der Waals surface area contributed by atoms with E-state index in [0.29, 0.717) is 13.2 Å². The molecule has 2 aromatic rings. The number of anilines is 1. The van der Waals surface area contributed by atoms with Gasteiger partial charge in [0.05, 0.1) is 41.6 Å². The third kappa shape index (κ3) is 1.58. The van der Waals surface area contributed by atoms with E-state index in [0.717, 1.165) is 33.1 Å². The summed E-state index contributed by atoms with van der Waals surface area (Å²) < 4.78 is 12.4. The number of thiazole rings is 1. The van der Waals surface area contributed by atoms with Crippen molar-refractivity contribution in [2.75, 3.05) is 18.1 Å². The fraction of sp³-hybridized carbons (Fsp3) is 0.467. The molecule has 114 valence electrons. The van der Waals surface area contributed by atoms with Gasteiger partial charge in [0.1, 0.15) is 5.75 Å². The molecule has 2 saturated heterocycles. The first kappa shape index (κ1) is 12.7. The van der Waals surface area contributed by atoms with Crippen molar-refractivity contribution < 1.29 is 14.3 Å². The van der Waals surface area contributed by atoms with Crippen LogP contribution < -0.4 is 15.0 Å². The maximum Gasteiger partial charge on any atom is 0.324 e. The molecule has 1 aromatic carbocycles. The van der Waals surface area contributed by atoms with Crippen LogP contribution >= 0.6 is 11.3 Å². The summed E-state index contributed by atoms with van der Waals surface area (Å²) in [7, 11) is 0. The van der Waals surface area contributed by atoms with E-state index in [1.54, 1.807) is 16.2 Å². The highest BCUT2D eigenvalue weighted by Gasteiger charge is 2.49. The Morgan fingerprint density at radius 2 is 2.36 bits per heavy atom. The molecular weight excluding hydrogens is 302 g/mol. The lowest BCUT2D eigenvalue weighted by Gasteiger charge is -2.21. The van der Waals surface area contributed by atoms with E-state index in [2.05, 4.69) is 5.32 Å². The van der Waals surface area contributed by atoms with Crippen molar-refractivity contribution in [1.82, 2.24) is 10.3 Å². The number of carbonyl (C=O) groups excluding carboxylic acids is 1. The Bertz CT molecular complexity index is 790. The monoisotopic (exact) mass is 317 g/mol. The van der Waals surface area contributed by atoms with Crippen LogP contribution in [-0.4, -0.2) is 42.4 Å². The number of urea groups is 1. The van der Waals surface area contributed by atoms with Gasteiger partial charge >= 0.3 is 6.03 Å². The highest BCUT2D eigenvalue weighted by Crippen LogP contribution is 2.40. The van der Waals surface area contributed by atoms with Gasteiger partial charge in [-0.15, -0.1) is 0 Å². The molecule has 3 aliphatic rings. The molecule has 0 aliphatic carbocycles. The van der Waals surface area contributed by atoms with Crippen LogP contribution in [-0.2, 0) is 11.2 Å². The van der Waals surface area contributed by atoms with Crippen LogP contribution in [0.25, 0.3) is 10.2 Å². The second-order valence-corrected chi connectivity index (χ2v) is 6.95. The predicted molar refractivity (Wildman–Crippen MR) is 82.8 cm³/mol. The number of aromatic nitrogens is 1. The third-order valence-electron chi connectivity index (χ3n) is 4.68. The Kier molecular flexibility index (Phi) is 2.49. The first-order valence-electron chi connectivity index (χ1n) is 7.49. The minimum absolute atomic E-state index is 0.0185. The topological polar surface area (TPSA) is 63.7 Å². The molecule has 0 saturated carbocycles. The third-order valence-corrected chi connectivity index (χ3v) is 5.70. The fourth-order valence-electron chi connectivity index (χ4n) is 3.64. The summed E-state index contributed by atoms with van der Waals surface area (Å²) in [4.78, 5) is 18.9. The molecule has 3 aliphatic heterocycles. The van der Waals surface area contributed by atoms with Crippen LogP contribution in [0.2, 0.25) is 0 Å². The molecule has 3 atom stereocenters. The van der Waals surface area contributed by atoms with Gasteiger partial charge in [0.2, 0.25) is 0 Å². The SMILES string of the molecule is C[C@H]1OC[C@@H]2NC(=O)N(c3nc4c5c(ccc4s3)OCC5)[C@@H]21. The number of nitrogens with one attached hydrogen (secondary N) is 1. The van der Waals surface area contributed by atoms with Crippen LogP contribution in [0.15, 0.2) is 12.1 Å². The van der Waals surface area contributed by atoms with Gasteiger partial charge in [-0.25, -0.2) is 9.78 Å². The fourth-order valence-corrected chi connectivity index (χ4v) is 4.67. The summed E-state index contributed by atoms with van der Waals surface area (Å²) >= 11 is 1.56. The Morgan fingerprint density at radius 1 is 1.45 bits per heavy atom. The smallest absolute Gasteiger partial charge is 0.324 e. The van der Waals surface area contributed by atoms with Crippen LogP contribution in [0.5, 0.6) is 5.75 Å². The van der Waals surface area contributed by atoms with Gasteiger partial charge in [0.15, 0.2) is 5.13 Å². The molecule has 5 rings (SSSR count). The van der Waals surface area contributed by atoms with E-state index in [1.165, 1.54) is 0 Å². The second-order valence-electron chi connectivity index (χ2n) is 5.94. The molecule has 6 nitrogen and oxygen atoms in total. The molecule has 0 unspecified atom stereocenters. The number of fused-ring (bicyclic) bond motifs is 4. The summed E-state index contributed by atoms with van der Waals surface area (Å²) in [6.07, 6.45) is 0.901. The Labute approximate surface area is 131 Å². The van der Waals surface area contributed by atoms with Crippen molar-refractivity contribution in [3.8, 4) is 5.75 Å². The van der Waals surface area contributed by atoms with Crippen LogP contribution in [0, 0.1) is 0 Å². The minimum atomic E-state index is -0.0721. The van der Waals surface area contributed by atoms with Crippen molar-refractivity contribution in [2.45, 2.75) is 31.5 Å². The number of carbonyl (C=O) groups is 1. The molecule has 22 heavy (non-hydrogen) atoms. The van der Waals surface area contributed by atoms with E-state index in [4.69, 9.17) is 14.5 Å². The Hall–Kier alpha value is -1.86. The van der Waals surface area contributed by atoms with E-state index >= 15 is 0 Å². The lowest BCUT2D eigenvalue weighted by atomic mass is 10.1. The molecule has 2 fully saturated rings. The maximum absolute atomic E-state index is 12.3. The van der Waals surface area contributed by atoms with Crippen LogP contribution in [0.1, 0.15) is 12.5 Å². The number of ether oxygens (including phenoxy) is 2. The molecule has 0 radical (unpaired) electrons. The lowest BCUT2D eigenvalue weighted by molar-refractivity contribution is 0.114. The number of amides is 2. The van der Waals surface area contributed by atoms with Crippen LogP contribution in [0.4, 0.5) is 9.93 Å². The number of rotatable bonds is 1. The number of benzene rings is 1. The Balaban J connectivity index is 1.63. The average molecular weight is 317 g/mol. The summed E-state index contributed by atoms with van der Waals surface area (Å²) in [6, 6.07) is 4.04.